The molecule has 0 saturated heterocycles. The van der Waals surface area contributed by atoms with Gasteiger partial charge in [0, 0.05) is 13.3 Å². The number of esters is 1. The van der Waals surface area contributed by atoms with Crippen molar-refractivity contribution in [3.63, 3.8) is 0 Å². The Balaban J connectivity index is 3.63. The van der Waals surface area contributed by atoms with Crippen molar-refractivity contribution in [2.45, 2.75) is 97.5 Å². The predicted octanol–water partition coefficient (Wildman–Crippen LogP) is 5.93. The second kappa shape index (κ2) is 16.5. The fraction of sp³-hybridized carbons (Fsp3) is 0.714. The minimum Gasteiger partial charge on any atom is -0.463 e. The van der Waals surface area contributed by atoms with E-state index in [9.17, 15) is 9.59 Å². The lowest BCUT2D eigenvalue weighted by molar-refractivity contribution is -0.147. The van der Waals surface area contributed by atoms with E-state index in [1.807, 2.05) is 0 Å². The first-order chi connectivity index (χ1) is 11.6. The molecule has 0 aromatic heterocycles. The van der Waals surface area contributed by atoms with Crippen molar-refractivity contribution in [1.29, 1.82) is 0 Å². The number of ether oxygens (including phenoxy) is 1. The van der Waals surface area contributed by atoms with Crippen LogP contribution >= 0.6 is 0 Å². The Morgan fingerprint density at radius 2 is 1.38 bits per heavy atom. The van der Waals surface area contributed by atoms with Crippen LogP contribution in [0.5, 0.6) is 0 Å². The SMILES string of the molecule is CCCCC(CCCC=CCCC=CCCCC(C)=O)OC(C)=O. The van der Waals surface area contributed by atoms with Crippen molar-refractivity contribution >= 4 is 11.8 Å². The zero-order valence-electron chi connectivity index (χ0n) is 15.9. The van der Waals surface area contributed by atoms with Crippen LogP contribution in [0.15, 0.2) is 24.3 Å². The first-order valence-electron chi connectivity index (χ1n) is 9.52. The molecule has 24 heavy (non-hydrogen) atoms. The molecular formula is C21H36O3. The highest BCUT2D eigenvalue weighted by molar-refractivity contribution is 5.75. The van der Waals surface area contributed by atoms with Gasteiger partial charge in [-0.15, -0.1) is 0 Å². The summed E-state index contributed by atoms with van der Waals surface area (Å²) >= 11 is 0. The number of ketones is 1. The molecule has 0 heterocycles. The van der Waals surface area contributed by atoms with E-state index in [1.165, 1.54) is 6.92 Å². The molecule has 1 atom stereocenters. The molecule has 0 aromatic rings. The number of unbranched alkanes of at least 4 members (excludes halogenated alkanes) is 4. The van der Waals surface area contributed by atoms with Gasteiger partial charge in [-0.3, -0.25) is 4.79 Å². The first kappa shape index (κ1) is 22.6. The number of rotatable bonds is 15. The van der Waals surface area contributed by atoms with Gasteiger partial charge >= 0.3 is 5.97 Å². The maximum Gasteiger partial charge on any atom is 0.302 e. The van der Waals surface area contributed by atoms with E-state index in [2.05, 4.69) is 31.2 Å². The third-order valence-corrected chi connectivity index (χ3v) is 3.84. The van der Waals surface area contributed by atoms with Crippen LogP contribution in [0.2, 0.25) is 0 Å². The molecule has 1 unspecified atom stereocenters. The van der Waals surface area contributed by atoms with Crippen LogP contribution in [0.1, 0.15) is 91.4 Å². The normalized spacial score (nSPS) is 12.8. The number of allylic oxidation sites excluding steroid dienone is 4. The maximum atomic E-state index is 11.1. The van der Waals surface area contributed by atoms with Crippen LogP contribution in [-0.2, 0) is 14.3 Å². The van der Waals surface area contributed by atoms with Crippen LogP contribution in [-0.4, -0.2) is 17.9 Å². The highest BCUT2D eigenvalue weighted by Gasteiger charge is 2.10. The predicted molar refractivity (Wildman–Crippen MR) is 101 cm³/mol. The minimum atomic E-state index is -0.165. The van der Waals surface area contributed by atoms with Gasteiger partial charge in [0.25, 0.3) is 0 Å². The second-order valence-corrected chi connectivity index (χ2v) is 6.42. The third-order valence-electron chi connectivity index (χ3n) is 3.84. The van der Waals surface area contributed by atoms with E-state index < -0.39 is 0 Å². The first-order valence-corrected chi connectivity index (χ1v) is 9.52. The lowest BCUT2D eigenvalue weighted by Crippen LogP contribution is -2.16. The molecule has 3 nitrogen and oxygen atoms in total. The standard InChI is InChI=1S/C21H36O3/c1-4-5-17-21(24-20(3)23)18-15-13-11-9-7-6-8-10-12-14-16-19(2)22/h8-11,21H,4-7,12-18H2,1-3H3. The highest BCUT2D eigenvalue weighted by Crippen LogP contribution is 2.13. The van der Waals surface area contributed by atoms with Gasteiger partial charge in [0.2, 0.25) is 0 Å². The van der Waals surface area contributed by atoms with Crippen LogP contribution < -0.4 is 0 Å². The largest absolute Gasteiger partial charge is 0.463 e. The topological polar surface area (TPSA) is 43.4 Å². The summed E-state index contributed by atoms with van der Waals surface area (Å²) in [6.07, 6.45) is 20.0. The van der Waals surface area contributed by atoms with Crippen LogP contribution in [0.4, 0.5) is 0 Å². The molecule has 0 spiro atoms. The summed E-state index contributed by atoms with van der Waals surface area (Å²) < 4.78 is 5.37. The zero-order valence-corrected chi connectivity index (χ0v) is 15.9. The van der Waals surface area contributed by atoms with Gasteiger partial charge in [0.1, 0.15) is 11.9 Å². The van der Waals surface area contributed by atoms with Gasteiger partial charge in [-0.05, 0) is 58.3 Å². The molecule has 3 heteroatoms. The Morgan fingerprint density at radius 1 is 0.833 bits per heavy atom. The number of hydrogen-bond donors (Lipinski definition) is 0. The van der Waals surface area contributed by atoms with E-state index >= 15 is 0 Å². The monoisotopic (exact) mass is 336 g/mol. The van der Waals surface area contributed by atoms with Crippen molar-refractivity contribution in [3.05, 3.63) is 24.3 Å². The van der Waals surface area contributed by atoms with Gasteiger partial charge in [0.05, 0.1) is 0 Å². The average molecular weight is 337 g/mol. The van der Waals surface area contributed by atoms with Crippen molar-refractivity contribution < 1.29 is 14.3 Å². The van der Waals surface area contributed by atoms with E-state index in [1.54, 1.807) is 6.92 Å². The molecule has 0 aromatic carbocycles. The Bertz CT molecular complexity index is 383. The van der Waals surface area contributed by atoms with Crippen LogP contribution in [0.3, 0.4) is 0 Å². The van der Waals surface area contributed by atoms with Crippen molar-refractivity contribution in [1.82, 2.24) is 0 Å². The Labute approximate surface area is 148 Å². The number of carbonyl (C=O) groups excluding carboxylic acids is 2. The Morgan fingerprint density at radius 3 is 1.92 bits per heavy atom. The van der Waals surface area contributed by atoms with E-state index in [4.69, 9.17) is 4.74 Å². The molecule has 0 radical (unpaired) electrons. The summed E-state index contributed by atoms with van der Waals surface area (Å²) in [6, 6.07) is 0. The fourth-order valence-corrected chi connectivity index (χ4v) is 2.52. The third kappa shape index (κ3) is 17.0. The second-order valence-electron chi connectivity index (χ2n) is 6.42. The van der Waals surface area contributed by atoms with Gasteiger partial charge in [-0.1, -0.05) is 44.1 Å². The van der Waals surface area contributed by atoms with Crippen molar-refractivity contribution in [3.8, 4) is 0 Å². The quantitative estimate of drug-likeness (QED) is 0.211. The van der Waals surface area contributed by atoms with E-state index in [0.29, 0.717) is 6.42 Å². The summed E-state index contributed by atoms with van der Waals surface area (Å²) in [7, 11) is 0. The maximum absolute atomic E-state index is 11.1. The molecular weight excluding hydrogens is 300 g/mol. The minimum absolute atomic E-state index is 0.0915. The highest BCUT2D eigenvalue weighted by atomic mass is 16.5. The molecule has 0 aliphatic carbocycles. The summed E-state index contributed by atoms with van der Waals surface area (Å²) in [6.45, 7) is 5.30. The van der Waals surface area contributed by atoms with Crippen molar-refractivity contribution in [2.24, 2.45) is 0 Å². The average Bonchev–Trinajstić information content (AvgIpc) is 2.52. The zero-order chi connectivity index (χ0) is 18.0. The molecule has 0 rings (SSSR count). The smallest absolute Gasteiger partial charge is 0.302 e. The van der Waals surface area contributed by atoms with Gasteiger partial charge in [-0.2, -0.15) is 0 Å². The molecule has 0 saturated carbocycles. The Hall–Kier alpha value is -1.38. The molecule has 0 amide bonds. The molecule has 0 aliphatic heterocycles. The van der Waals surface area contributed by atoms with Gasteiger partial charge < -0.3 is 9.53 Å². The fourth-order valence-electron chi connectivity index (χ4n) is 2.52. The molecule has 138 valence electrons. The molecule has 0 fully saturated rings. The summed E-state index contributed by atoms with van der Waals surface area (Å²) in [5.74, 6) is 0.110. The van der Waals surface area contributed by atoms with Gasteiger partial charge in [0.15, 0.2) is 0 Å². The summed E-state index contributed by atoms with van der Waals surface area (Å²) in [5, 5.41) is 0. The summed E-state index contributed by atoms with van der Waals surface area (Å²) in [5.41, 5.74) is 0. The number of Topliss-reactive ketones (excluding diaryl/α,β-unsaturated/α-hetero) is 1. The van der Waals surface area contributed by atoms with Crippen LogP contribution in [0.25, 0.3) is 0 Å². The van der Waals surface area contributed by atoms with E-state index in [-0.39, 0.29) is 17.9 Å². The summed E-state index contributed by atoms with van der Waals surface area (Å²) in [4.78, 5) is 21.9. The molecule has 0 bridgehead atoms. The molecule has 0 N–H and O–H groups in total. The Kier molecular flexibility index (Phi) is 15.5. The molecule has 0 aliphatic rings. The lowest BCUT2D eigenvalue weighted by atomic mass is 10.1. The lowest BCUT2D eigenvalue weighted by Gasteiger charge is -2.16. The van der Waals surface area contributed by atoms with Gasteiger partial charge in [-0.25, -0.2) is 0 Å². The van der Waals surface area contributed by atoms with E-state index in [0.717, 1.165) is 64.2 Å². The number of carbonyl (C=O) groups is 2. The van der Waals surface area contributed by atoms with Crippen molar-refractivity contribution in [2.75, 3.05) is 0 Å². The number of hydrogen-bond acceptors (Lipinski definition) is 3. The van der Waals surface area contributed by atoms with Crippen LogP contribution in [0, 0.1) is 0 Å².